The van der Waals surface area contributed by atoms with E-state index in [0.717, 1.165) is 6.07 Å². The molecule has 0 saturated carbocycles. The SMILES string of the molecule is COCCOCC(=O)Nc1c([N+](=O)[O-])ccc(F)c1F. The molecule has 1 amide bonds. The van der Waals surface area contributed by atoms with Crippen molar-refractivity contribution >= 4 is 17.3 Å². The first-order valence-corrected chi connectivity index (χ1v) is 5.46. The zero-order valence-electron chi connectivity index (χ0n) is 10.5. The van der Waals surface area contributed by atoms with Gasteiger partial charge in [-0.3, -0.25) is 14.9 Å². The maximum Gasteiger partial charge on any atom is 0.296 e. The highest BCUT2D eigenvalue weighted by Crippen LogP contribution is 2.28. The molecule has 0 saturated heterocycles. The highest BCUT2D eigenvalue weighted by molar-refractivity contribution is 5.94. The largest absolute Gasteiger partial charge is 0.382 e. The molecule has 0 aromatic heterocycles. The Hall–Kier alpha value is -2.13. The number of benzene rings is 1. The number of nitro groups is 1. The molecular formula is C11H12F2N2O5. The van der Waals surface area contributed by atoms with E-state index in [1.165, 1.54) is 7.11 Å². The molecule has 1 rings (SSSR count). The molecule has 20 heavy (non-hydrogen) atoms. The molecule has 0 bridgehead atoms. The molecule has 0 spiro atoms. The van der Waals surface area contributed by atoms with Gasteiger partial charge in [0.2, 0.25) is 0 Å². The number of hydrogen-bond acceptors (Lipinski definition) is 5. The van der Waals surface area contributed by atoms with Crippen LogP contribution in [0.5, 0.6) is 0 Å². The zero-order chi connectivity index (χ0) is 15.1. The van der Waals surface area contributed by atoms with Crippen LogP contribution in [0.1, 0.15) is 0 Å². The lowest BCUT2D eigenvalue weighted by molar-refractivity contribution is -0.384. The van der Waals surface area contributed by atoms with Crippen molar-refractivity contribution in [1.82, 2.24) is 0 Å². The van der Waals surface area contributed by atoms with E-state index in [0.29, 0.717) is 6.07 Å². The molecule has 0 unspecified atom stereocenters. The Bertz CT molecular complexity index is 510. The van der Waals surface area contributed by atoms with Crippen LogP contribution in [-0.4, -0.2) is 37.8 Å². The van der Waals surface area contributed by atoms with Gasteiger partial charge in [0, 0.05) is 13.2 Å². The van der Waals surface area contributed by atoms with Crippen molar-refractivity contribution < 1.29 is 28.0 Å². The number of methoxy groups -OCH3 is 1. The van der Waals surface area contributed by atoms with Crippen LogP contribution >= 0.6 is 0 Å². The summed E-state index contributed by atoms with van der Waals surface area (Å²) in [5, 5.41) is 12.6. The summed E-state index contributed by atoms with van der Waals surface area (Å²) in [5.74, 6) is -3.63. The molecule has 0 fully saturated rings. The van der Waals surface area contributed by atoms with Crippen LogP contribution in [0.25, 0.3) is 0 Å². The van der Waals surface area contributed by atoms with Crippen LogP contribution in [0, 0.1) is 21.7 Å². The molecular weight excluding hydrogens is 278 g/mol. The van der Waals surface area contributed by atoms with Crippen molar-refractivity contribution in [2.75, 3.05) is 32.2 Å². The summed E-state index contributed by atoms with van der Waals surface area (Å²) >= 11 is 0. The Morgan fingerprint density at radius 1 is 1.40 bits per heavy atom. The predicted molar refractivity (Wildman–Crippen MR) is 64.3 cm³/mol. The molecule has 1 aromatic carbocycles. The van der Waals surface area contributed by atoms with Crippen LogP contribution in [0.15, 0.2) is 12.1 Å². The Morgan fingerprint density at radius 3 is 2.70 bits per heavy atom. The first kappa shape index (κ1) is 15.9. The van der Waals surface area contributed by atoms with E-state index in [1.807, 2.05) is 5.32 Å². The molecule has 0 aliphatic heterocycles. The summed E-state index contributed by atoms with van der Waals surface area (Å²) in [4.78, 5) is 21.2. The molecule has 7 nitrogen and oxygen atoms in total. The van der Waals surface area contributed by atoms with Gasteiger partial charge in [0.05, 0.1) is 18.1 Å². The predicted octanol–water partition coefficient (Wildman–Crippen LogP) is 1.47. The number of nitrogens with one attached hydrogen (secondary N) is 1. The van der Waals surface area contributed by atoms with E-state index in [1.54, 1.807) is 0 Å². The monoisotopic (exact) mass is 290 g/mol. The van der Waals surface area contributed by atoms with Gasteiger partial charge in [0.25, 0.3) is 11.6 Å². The number of hydrogen-bond donors (Lipinski definition) is 1. The number of halogens is 2. The number of rotatable bonds is 7. The fraction of sp³-hybridized carbons (Fsp3) is 0.364. The second kappa shape index (κ2) is 7.46. The maximum absolute atomic E-state index is 13.5. The number of ether oxygens (including phenoxy) is 2. The van der Waals surface area contributed by atoms with Crippen LogP contribution in [0.4, 0.5) is 20.2 Å². The molecule has 0 atom stereocenters. The summed E-state index contributed by atoms with van der Waals surface area (Å²) in [6.45, 7) is -0.0874. The first-order chi connectivity index (χ1) is 9.47. The van der Waals surface area contributed by atoms with E-state index in [9.17, 15) is 23.7 Å². The third-order valence-corrected chi connectivity index (χ3v) is 2.20. The Morgan fingerprint density at radius 2 is 2.10 bits per heavy atom. The van der Waals surface area contributed by atoms with Gasteiger partial charge in [-0.25, -0.2) is 8.78 Å². The minimum absolute atomic E-state index is 0.123. The zero-order valence-corrected chi connectivity index (χ0v) is 10.5. The minimum Gasteiger partial charge on any atom is -0.382 e. The van der Waals surface area contributed by atoms with Gasteiger partial charge in [0.15, 0.2) is 17.3 Å². The third kappa shape index (κ3) is 4.21. The molecule has 110 valence electrons. The molecule has 0 aliphatic rings. The lowest BCUT2D eigenvalue weighted by Gasteiger charge is -2.08. The van der Waals surface area contributed by atoms with Crippen molar-refractivity contribution in [1.29, 1.82) is 0 Å². The number of nitrogens with zero attached hydrogens (tertiary/aromatic N) is 1. The Labute approximate surface area is 112 Å². The van der Waals surface area contributed by atoms with E-state index >= 15 is 0 Å². The number of anilines is 1. The third-order valence-electron chi connectivity index (χ3n) is 2.20. The second-order valence-electron chi connectivity index (χ2n) is 3.61. The van der Waals surface area contributed by atoms with Gasteiger partial charge in [-0.05, 0) is 6.07 Å². The number of carbonyl (C=O) groups excluding carboxylic acids is 1. The van der Waals surface area contributed by atoms with Crippen LogP contribution in [0.3, 0.4) is 0 Å². The van der Waals surface area contributed by atoms with Gasteiger partial charge in [0.1, 0.15) is 6.61 Å². The second-order valence-corrected chi connectivity index (χ2v) is 3.61. The molecule has 1 aromatic rings. The molecule has 0 heterocycles. The van der Waals surface area contributed by atoms with Crippen molar-refractivity contribution in [2.24, 2.45) is 0 Å². The summed E-state index contributed by atoms with van der Waals surface area (Å²) < 4.78 is 36.0. The molecule has 0 radical (unpaired) electrons. The fourth-order valence-electron chi connectivity index (χ4n) is 1.29. The topological polar surface area (TPSA) is 90.7 Å². The van der Waals surface area contributed by atoms with Crippen molar-refractivity contribution in [3.05, 3.63) is 33.9 Å². The Kier molecular flexibility index (Phi) is 5.94. The van der Waals surface area contributed by atoms with Crippen molar-refractivity contribution in [2.45, 2.75) is 0 Å². The van der Waals surface area contributed by atoms with Gasteiger partial charge >= 0.3 is 0 Å². The average molecular weight is 290 g/mol. The summed E-state index contributed by atoms with van der Waals surface area (Å²) in [6.07, 6.45) is 0. The molecule has 1 N–H and O–H groups in total. The van der Waals surface area contributed by atoms with Crippen LogP contribution in [0.2, 0.25) is 0 Å². The average Bonchev–Trinajstić information content (AvgIpc) is 2.40. The molecule has 9 heteroatoms. The minimum atomic E-state index is -1.50. The van der Waals surface area contributed by atoms with Crippen molar-refractivity contribution in [3.8, 4) is 0 Å². The highest BCUT2D eigenvalue weighted by atomic mass is 19.2. The smallest absolute Gasteiger partial charge is 0.296 e. The highest BCUT2D eigenvalue weighted by Gasteiger charge is 2.23. The van der Waals surface area contributed by atoms with E-state index in [4.69, 9.17) is 4.74 Å². The van der Waals surface area contributed by atoms with Gasteiger partial charge < -0.3 is 14.8 Å². The number of amides is 1. The van der Waals surface area contributed by atoms with E-state index < -0.39 is 40.4 Å². The lowest BCUT2D eigenvalue weighted by Crippen LogP contribution is -2.21. The van der Waals surface area contributed by atoms with Crippen LogP contribution < -0.4 is 5.32 Å². The number of nitro benzene ring substituents is 1. The quantitative estimate of drug-likeness (QED) is 0.466. The Balaban J connectivity index is 2.78. The number of carbonyl (C=O) groups is 1. The van der Waals surface area contributed by atoms with Gasteiger partial charge in [-0.2, -0.15) is 0 Å². The van der Waals surface area contributed by atoms with Gasteiger partial charge in [-0.15, -0.1) is 0 Å². The standard InChI is InChI=1S/C11H12F2N2O5/c1-19-4-5-20-6-9(16)14-11-8(15(17)18)3-2-7(12)10(11)13/h2-3H,4-6H2,1H3,(H,14,16). The summed E-state index contributed by atoms with van der Waals surface area (Å²) in [5.41, 5.74) is -1.57. The van der Waals surface area contributed by atoms with E-state index in [-0.39, 0.29) is 13.2 Å². The molecule has 0 aliphatic carbocycles. The van der Waals surface area contributed by atoms with Crippen LogP contribution in [-0.2, 0) is 14.3 Å². The first-order valence-electron chi connectivity index (χ1n) is 5.46. The summed E-state index contributed by atoms with van der Waals surface area (Å²) in [6, 6.07) is 1.37. The van der Waals surface area contributed by atoms with E-state index in [2.05, 4.69) is 4.74 Å². The van der Waals surface area contributed by atoms with Crippen molar-refractivity contribution in [3.63, 3.8) is 0 Å². The fourth-order valence-corrected chi connectivity index (χ4v) is 1.29. The summed E-state index contributed by atoms with van der Waals surface area (Å²) in [7, 11) is 1.44. The lowest BCUT2D eigenvalue weighted by atomic mass is 10.2. The maximum atomic E-state index is 13.5. The van der Waals surface area contributed by atoms with Gasteiger partial charge in [-0.1, -0.05) is 0 Å². The normalized spacial score (nSPS) is 10.3.